The second-order valence-electron chi connectivity index (χ2n) is 4.05. The highest BCUT2D eigenvalue weighted by molar-refractivity contribution is 7.72. The van der Waals surface area contributed by atoms with Gasteiger partial charge in [0.2, 0.25) is 0 Å². The molecule has 0 bridgehead atoms. The SMILES string of the molecule is O=CC[C@@H]1CCC[P@]1(=O)c1ccccc1. The molecule has 3 heteroatoms. The van der Waals surface area contributed by atoms with Crippen molar-refractivity contribution in [2.75, 3.05) is 6.16 Å². The van der Waals surface area contributed by atoms with Crippen molar-refractivity contribution in [3.05, 3.63) is 30.3 Å². The van der Waals surface area contributed by atoms with Crippen molar-refractivity contribution in [2.24, 2.45) is 0 Å². The van der Waals surface area contributed by atoms with Gasteiger partial charge in [-0.3, -0.25) is 0 Å². The molecule has 2 rings (SSSR count). The molecule has 0 N–H and O–H groups in total. The number of rotatable bonds is 3. The molecule has 1 saturated heterocycles. The summed E-state index contributed by atoms with van der Waals surface area (Å²) in [6.45, 7) is 0. The van der Waals surface area contributed by atoms with E-state index in [1.54, 1.807) is 0 Å². The Morgan fingerprint density at radius 1 is 1.33 bits per heavy atom. The van der Waals surface area contributed by atoms with Crippen LogP contribution in [-0.4, -0.2) is 18.1 Å². The fourth-order valence-electron chi connectivity index (χ4n) is 2.37. The summed E-state index contributed by atoms with van der Waals surface area (Å²) in [5, 5.41) is 0.953. The van der Waals surface area contributed by atoms with Crippen LogP contribution in [0.25, 0.3) is 0 Å². The molecule has 0 aromatic heterocycles. The van der Waals surface area contributed by atoms with Crippen LogP contribution >= 0.6 is 7.14 Å². The van der Waals surface area contributed by atoms with Gasteiger partial charge in [0.15, 0.2) is 0 Å². The van der Waals surface area contributed by atoms with E-state index in [0.717, 1.165) is 30.6 Å². The molecule has 1 aromatic rings. The third-order valence-corrected chi connectivity index (χ3v) is 6.98. The lowest BCUT2D eigenvalue weighted by atomic mass is 10.2. The third kappa shape index (κ3) is 1.91. The van der Waals surface area contributed by atoms with E-state index in [-0.39, 0.29) is 5.66 Å². The second kappa shape index (κ2) is 4.32. The van der Waals surface area contributed by atoms with E-state index >= 15 is 0 Å². The topological polar surface area (TPSA) is 34.1 Å². The summed E-state index contributed by atoms with van der Waals surface area (Å²) >= 11 is 0. The fraction of sp³-hybridized carbons (Fsp3) is 0.417. The minimum Gasteiger partial charge on any atom is -0.318 e. The minimum atomic E-state index is -2.28. The number of carbonyl (C=O) groups is 1. The van der Waals surface area contributed by atoms with Gasteiger partial charge in [0.05, 0.1) is 0 Å². The molecule has 1 aliphatic rings. The van der Waals surface area contributed by atoms with E-state index in [9.17, 15) is 9.36 Å². The lowest BCUT2D eigenvalue weighted by Crippen LogP contribution is -2.14. The van der Waals surface area contributed by atoms with Crippen molar-refractivity contribution in [1.82, 2.24) is 0 Å². The molecule has 15 heavy (non-hydrogen) atoms. The summed E-state index contributed by atoms with van der Waals surface area (Å²) in [7, 11) is -2.28. The molecule has 0 amide bonds. The van der Waals surface area contributed by atoms with Crippen LogP contribution in [0.4, 0.5) is 0 Å². The highest BCUT2D eigenvalue weighted by Gasteiger charge is 2.38. The highest BCUT2D eigenvalue weighted by Crippen LogP contribution is 2.57. The lowest BCUT2D eigenvalue weighted by Gasteiger charge is -2.18. The molecule has 80 valence electrons. The molecule has 0 saturated carbocycles. The first-order valence-corrected chi connectivity index (χ1v) is 7.31. The number of benzene rings is 1. The molecule has 2 atom stereocenters. The van der Waals surface area contributed by atoms with Gasteiger partial charge in [-0.1, -0.05) is 30.3 Å². The number of hydrogen-bond acceptors (Lipinski definition) is 2. The van der Waals surface area contributed by atoms with Gasteiger partial charge in [0.25, 0.3) is 0 Å². The molecule has 0 unspecified atom stereocenters. The van der Waals surface area contributed by atoms with Crippen molar-refractivity contribution in [3.8, 4) is 0 Å². The quantitative estimate of drug-likeness (QED) is 0.581. The summed E-state index contributed by atoms with van der Waals surface area (Å²) < 4.78 is 12.8. The van der Waals surface area contributed by atoms with Crippen molar-refractivity contribution < 1.29 is 9.36 Å². The zero-order chi connectivity index (χ0) is 10.7. The molecule has 0 spiro atoms. The van der Waals surface area contributed by atoms with Gasteiger partial charge in [-0.2, -0.15) is 0 Å². The molecule has 1 heterocycles. The van der Waals surface area contributed by atoms with E-state index in [1.165, 1.54) is 0 Å². The summed E-state index contributed by atoms with van der Waals surface area (Å²) in [6, 6.07) is 9.64. The maximum absolute atomic E-state index is 12.8. The van der Waals surface area contributed by atoms with Crippen LogP contribution in [-0.2, 0) is 9.36 Å². The first-order valence-electron chi connectivity index (χ1n) is 5.35. The predicted molar refractivity (Wildman–Crippen MR) is 62.3 cm³/mol. The molecule has 1 aromatic carbocycles. The second-order valence-corrected chi connectivity index (χ2v) is 7.34. The largest absolute Gasteiger partial charge is 0.318 e. The summed E-state index contributed by atoms with van der Waals surface area (Å²) in [6.07, 6.45) is 4.06. The molecule has 0 radical (unpaired) electrons. The summed E-state index contributed by atoms with van der Waals surface area (Å²) in [5.74, 6) is 0. The zero-order valence-electron chi connectivity index (χ0n) is 8.63. The summed E-state index contributed by atoms with van der Waals surface area (Å²) in [5.41, 5.74) is 0.0948. The van der Waals surface area contributed by atoms with Crippen LogP contribution in [0.15, 0.2) is 30.3 Å². The Bertz CT molecular complexity index is 386. The first-order chi connectivity index (χ1) is 7.27. The van der Waals surface area contributed by atoms with Crippen LogP contribution in [0.1, 0.15) is 19.3 Å². The van der Waals surface area contributed by atoms with Gasteiger partial charge in [0, 0.05) is 23.5 Å². The maximum atomic E-state index is 12.8. The Labute approximate surface area is 90.1 Å². The predicted octanol–water partition coefficient (Wildman–Crippen LogP) is 2.43. The molecular weight excluding hydrogens is 207 g/mol. The van der Waals surface area contributed by atoms with Gasteiger partial charge >= 0.3 is 0 Å². The Morgan fingerprint density at radius 2 is 2.07 bits per heavy atom. The van der Waals surface area contributed by atoms with E-state index in [2.05, 4.69) is 0 Å². The van der Waals surface area contributed by atoms with Crippen molar-refractivity contribution in [2.45, 2.75) is 24.9 Å². The van der Waals surface area contributed by atoms with Crippen LogP contribution in [0.3, 0.4) is 0 Å². The van der Waals surface area contributed by atoms with E-state index in [1.807, 2.05) is 30.3 Å². The maximum Gasteiger partial charge on any atom is 0.120 e. The van der Waals surface area contributed by atoms with E-state index in [0.29, 0.717) is 6.42 Å². The third-order valence-electron chi connectivity index (χ3n) is 3.18. The van der Waals surface area contributed by atoms with Crippen molar-refractivity contribution in [3.63, 3.8) is 0 Å². The van der Waals surface area contributed by atoms with E-state index in [4.69, 9.17) is 0 Å². The molecular formula is C12H15O2P. The molecule has 2 nitrogen and oxygen atoms in total. The van der Waals surface area contributed by atoms with E-state index < -0.39 is 7.14 Å². The Morgan fingerprint density at radius 3 is 2.73 bits per heavy atom. The first kappa shape index (κ1) is 10.6. The highest BCUT2D eigenvalue weighted by atomic mass is 31.2. The van der Waals surface area contributed by atoms with Crippen molar-refractivity contribution >= 4 is 18.7 Å². The van der Waals surface area contributed by atoms with Gasteiger partial charge < -0.3 is 9.36 Å². The van der Waals surface area contributed by atoms with Crippen LogP contribution < -0.4 is 5.30 Å². The number of hydrogen-bond donors (Lipinski definition) is 0. The van der Waals surface area contributed by atoms with Gasteiger partial charge in [0.1, 0.15) is 13.4 Å². The lowest BCUT2D eigenvalue weighted by molar-refractivity contribution is -0.107. The Kier molecular flexibility index (Phi) is 3.06. The Balaban J connectivity index is 2.33. The smallest absolute Gasteiger partial charge is 0.120 e. The standard InChI is InChI=1S/C12H15O2P/c13-9-8-12-7-4-10-15(12,14)11-5-2-1-3-6-11/h1-3,5-6,9,12H,4,7-8,10H2/t12-,15-/m0/s1. The van der Waals surface area contributed by atoms with Gasteiger partial charge in [-0.15, -0.1) is 0 Å². The minimum absolute atomic E-state index is 0.0948. The van der Waals surface area contributed by atoms with Crippen LogP contribution in [0, 0.1) is 0 Å². The summed E-state index contributed by atoms with van der Waals surface area (Å²) in [4.78, 5) is 10.6. The number of carbonyl (C=O) groups excluding carboxylic acids is 1. The Hall–Kier alpha value is -0.880. The zero-order valence-corrected chi connectivity index (χ0v) is 9.53. The van der Waals surface area contributed by atoms with Gasteiger partial charge in [-0.25, -0.2) is 0 Å². The average molecular weight is 222 g/mol. The number of aldehydes is 1. The molecule has 1 aliphatic heterocycles. The molecule has 1 fully saturated rings. The van der Waals surface area contributed by atoms with Crippen LogP contribution in [0.2, 0.25) is 0 Å². The normalized spacial score (nSPS) is 30.3. The molecule has 0 aliphatic carbocycles. The fourth-order valence-corrected chi connectivity index (χ4v) is 5.77. The van der Waals surface area contributed by atoms with Crippen molar-refractivity contribution in [1.29, 1.82) is 0 Å². The van der Waals surface area contributed by atoms with Crippen LogP contribution in [0.5, 0.6) is 0 Å². The average Bonchev–Trinajstić information content (AvgIpc) is 2.64. The van der Waals surface area contributed by atoms with Gasteiger partial charge in [-0.05, 0) is 12.8 Å². The monoisotopic (exact) mass is 222 g/mol.